The summed E-state index contributed by atoms with van der Waals surface area (Å²) in [6.07, 6.45) is -10.7. The second-order valence-corrected chi connectivity index (χ2v) is 7.39. The molecule has 0 aliphatic heterocycles. The Morgan fingerprint density at radius 1 is 0.906 bits per heavy atom. The summed E-state index contributed by atoms with van der Waals surface area (Å²) in [4.78, 5) is 0. The van der Waals surface area contributed by atoms with E-state index in [1.807, 2.05) is 6.07 Å². The lowest BCUT2D eigenvalue weighted by atomic mass is 9.94. The molecule has 32 heavy (non-hydrogen) atoms. The normalized spacial score (nSPS) is 13.0. The number of allylic oxidation sites excluding steroid dienone is 1. The van der Waals surface area contributed by atoms with E-state index in [0.29, 0.717) is 5.56 Å². The lowest BCUT2D eigenvalue weighted by Gasteiger charge is -2.30. The zero-order valence-corrected chi connectivity index (χ0v) is 17.5. The van der Waals surface area contributed by atoms with Crippen LogP contribution in [0.3, 0.4) is 0 Å². The largest absolute Gasteiger partial charge is 0.435 e. The van der Waals surface area contributed by atoms with Crippen molar-refractivity contribution in [1.82, 2.24) is 0 Å². The van der Waals surface area contributed by atoms with Crippen molar-refractivity contribution >= 4 is 52.3 Å². The van der Waals surface area contributed by atoms with Crippen LogP contribution in [-0.2, 0) is 5.67 Å². The number of alkyl halides is 7. The molecule has 0 radical (unpaired) electrons. The fraction of sp³-hybridized carbons (Fsp3) is 0.158. The first-order valence-corrected chi connectivity index (χ1v) is 9.29. The van der Waals surface area contributed by atoms with Gasteiger partial charge in [-0.05, 0) is 29.8 Å². The lowest BCUT2D eigenvalue weighted by Crippen LogP contribution is -2.50. The molecule has 0 bridgehead atoms. The molecule has 0 spiro atoms. The third-order valence-corrected chi connectivity index (χ3v) is 5.09. The molecule has 2 rings (SSSR count). The van der Waals surface area contributed by atoms with E-state index in [1.165, 1.54) is 18.2 Å². The van der Waals surface area contributed by atoms with Gasteiger partial charge in [-0.2, -0.15) is 31.6 Å². The van der Waals surface area contributed by atoms with E-state index in [4.69, 9.17) is 45.5 Å². The van der Waals surface area contributed by atoms with E-state index in [9.17, 15) is 30.7 Å². The number of halogens is 10. The van der Waals surface area contributed by atoms with Crippen molar-refractivity contribution in [2.45, 2.75) is 18.0 Å². The molecule has 0 fully saturated rings. The summed E-state index contributed by atoms with van der Waals surface area (Å²) in [5.74, 6) is 0. The molecule has 3 nitrogen and oxygen atoms in total. The van der Waals surface area contributed by atoms with Gasteiger partial charge in [0.15, 0.2) is 0 Å². The van der Waals surface area contributed by atoms with Crippen LogP contribution in [0.1, 0.15) is 16.7 Å². The van der Waals surface area contributed by atoms with Gasteiger partial charge in [0.1, 0.15) is 6.07 Å². The Kier molecular flexibility index (Phi) is 7.39. The zero-order valence-electron chi connectivity index (χ0n) is 15.3. The minimum Gasteiger partial charge on any atom is -0.359 e. The van der Waals surface area contributed by atoms with Gasteiger partial charge in [0.05, 0.1) is 26.3 Å². The molecule has 0 amide bonds. The summed E-state index contributed by atoms with van der Waals surface area (Å²) < 4.78 is 92.0. The van der Waals surface area contributed by atoms with Gasteiger partial charge in [-0.15, -0.1) is 0 Å². The minimum absolute atomic E-state index is 0.0934. The number of rotatable bonds is 5. The SMILES string of the molecule is N#Cc1cc(/C(C=N)=C/Nc2c(Cl)cc(C(F)(C(F)(F)F)C(F)(F)F)cc2Cl)ccc1Cl. The maximum Gasteiger partial charge on any atom is 0.435 e. The summed E-state index contributed by atoms with van der Waals surface area (Å²) in [6, 6.07) is 6.34. The van der Waals surface area contributed by atoms with Crippen LogP contribution in [0.4, 0.5) is 36.4 Å². The third-order valence-electron chi connectivity index (χ3n) is 4.17. The number of hydrogen-bond donors (Lipinski definition) is 2. The van der Waals surface area contributed by atoms with E-state index in [2.05, 4.69) is 5.32 Å². The van der Waals surface area contributed by atoms with Crippen molar-refractivity contribution < 1.29 is 30.7 Å². The number of anilines is 1. The van der Waals surface area contributed by atoms with Crippen molar-refractivity contribution in [3.05, 3.63) is 68.3 Å². The fourth-order valence-electron chi connectivity index (χ4n) is 2.55. The zero-order chi connectivity index (χ0) is 24.5. The van der Waals surface area contributed by atoms with E-state index in [1.54, 1.807) is 0 Å². The number of nitrogens with one attached hydrogen (secondary N) is 2. The Bertz CT molecular complexity index is 1080. The molecule has 0 atom stereocenters. The average molecular weight is 519 g/mol. The van der Waals surface area contributed by atoms with Crippen LogP contribution in [0.15, 0.2) is 36.5 Å². The van der Waals surface area contributed by atoms with Crippen molar-refractivity contribution in [2.24, 2.45) is 0 Å². The second-order valence-electron chi connectivity index (χ2n) is 6.16. The molecular weight excluding hydrogens is 510 g/mol. The quantitative estimate of drug-likeness (QED) is 0.312. The number of nitrogens with zero attached hydrogens (tertiary/aromatic N) is 1. The van der Waals surface area contributed by atoms with Crippen molar-refractivity contribution in [3.63, 3.8) is 0 Å². The number of benzene rings is 2. The van der Waals surface area contributed by atoms with Crippen LogP contribution in [0.5, 0.6) is 0 Å². The fourth-order valence-corrected chi connectivity index (χ4v) is 3.30. The van der Waals surface area contributed by atoms with E-state index >= 15 is 0 Å². The lowest BCUT2D eigenvalue weighted by molar-refractivity contribution is -0.348. The second kappa shape index (κ2) is 9.17. The smallest absolute Gasteiger partial charge is 0.359 e. The molecule has 0 heterocycles. The summed E-state index contributed by atoms with van der Waals surface area (Å²) in [6.45, 7) is 0. The molecule has 0 aliphatic carbocycles. The molecule has 2 N–H and O–H groups in total. The Hall–Kier alpha value is -2.48. The molecule has 0 saturated carbocycles. The molecule has 0 aromatic heterocycles. The predicted molar refractivity (Wildman–Crippen MR) is 108 cm³/mol. The molecular formula is C19H9Cl3F7N3. The highest BCUT2D eigenvalue weighted by molar-refractivity contribution is 6.39. The highest BCUT2D eigenvalue weighted by Gasteiger charge is 2.73. The first kappa shape index (κ1) is 25.8. The average Bonchev–Trinajstić information content (AvgIpc) is 2.68. The van der Waals surface area contributed by atoms with Crippen molar-refractivity contribution in [2.75, 3.05) is 5.32 Å². The minimum atomic E-state index is -6.33. The first-order valence-electron chi connectivity index (χ1n) is 8.16. The summed E-state index contributed by atoms with van der Waals surface area (Å²) in [5, 5.41) is 17.7. The molecule has 0 saturated heterocycles. The Morgan fingerprint density at radius 2 is 1.44 bits per heavy atom. The summed E-state index contributed by atoms with van der Waals surface area (Å²) in [7, 11) is 0. The Labute approximate surface area is 191 Å². The highest BCUT2D eigenvalue weighted by atomic mass is 35.5. The molecule has 170 valence electrons. The van der Waals surface area contributed by atoms with Crippen LogP contribution >= 0.6 is 34.8 Å². The first-order chi connectivity index (χ1) is 14.7. The molecule has 0 aliphatic rings. The van der Waals surface area contributed by atoms with Gasteiger partial charge in [0.25, 0.3) is 0 Å². The van der Waals surface area contributed by atoms with Crippen molar-refractivity contribution in [1.29, 1.82) is 10.7 Å². The van der Waals surface area contributed by atoms with E-state index in [0.717, 1.165) is 12.4 Å². The van der Waals surface area contributed by atoms with Crippen LogP contribution in [0.2, 0.25) is 15.1 Å². The molecule has 0 unspecified atom stereocenters. The van der Waals surface area contributed by atoms with Gasteiger partial charge in [0, 0.05) is 23.6 Å². The van der Waals surface area contributed by atoms with Gasteiger partial charge >= 0.3 is 18.0 Å². The van der Waals surface area contributed by atoms with Crippen LogP contribution in [-0.4, -0.2) is 18.6 Å². The third kappa shape index (κ3) is 4.80. The van der Waals surface area contributed by atoms with E-state index < -0.39 is 33.6 Å². The van der Waals surface area contributed by atoms with Crippen LogP contribution in [0, 0.1) is 16.7 Å². The molecule has 13 heteroatoms. The number of hydrogen-bond acceptors (Lipinski definition) is 3. The molecule has 2 aromatic carbocycles. The maximum atomic E-state index is 14.3. The molecule has 2 aromatic rings. The van der Waals surface area contributed by atoms with Crippen molar-refractivity contribution in [3.8, 4) is 6.07 Å². The maximum absolute atomic E-state index is 14.3. The Morgan fingerprint density at radius 3 is 1.88 bits per heavy atom. The number of nitriles is 1. The summed E-state index contributed by atoms with van der Waals surface area (Å²) in [5.41, 5.74) is -7.33. The van der Waals surface area contributed by atoms with Gasteiger partial charge in [-0.3, -0.25) is 0 Å². The summed E-state index contributed by atoms with van der Waals surface area (Å²) >= 11 is 17.4. The van der Waals surface area contributed by atoms with Gasteiger partial charge in [0.2, 0.25) is 0 Å². The van der Waals surface area contributed by atoms with Gasteiger partial charge in [-0.25, -0.2) is 4.39 Å². The van der Waals surface area contributed by atoms with E-state index in [-0.39, 0.29) is 34.0 Å². The topological polar surface area (TPSA) is 59.7 Å². The van der Waals surface area contributed by atoms with Gasteiger partial charge in [-0.1, -0.05) is 40.9 Å². The standard InChI is InChI=1S/C19H9Cl3F7N3/c20-13-2-1-9(3-10(13)6-30)11(7-31)8-32-16-14(21)4-12(5-15(16)22)17(23,18(24,25)26)19(27,28)29/h1-5,7-8,31-32H/b11-8+,31-7?. The van der Waals surface area contributed by atoms with Crippen LogP contribution in [0.25, 0.3) is 5.57 Å². The highest BCUT2D eigenvalue weighted by Crippen LogP contribution is 2.54. The predicted octanol–water partition coefficient (Wildman–Crippen LogP) is 7.91. The Balaban J connectivity index is 2.51. The van der Waals surface area contributed by atoms with Gasteiger partial charge < -0.3 is 10.7 Å². The van der Waals surface area contributed by atoms with Crippen LogP contribution < -0.4 is 5.32 Å². The monoisotopic (exact) mass is 517 g/mol.